The minimum absolute atomic E-state index is 0.0416. The van der Waals surface area contributed by atoms with E-state index in [1.807, 2.05) is 6.07 Å². The summed E-state index contributed by atoms with van der Waals surface area (Å²) in [6.45, 7) is 0.480. The van der Waals surface area contributed by atoms with Crippen molar-refractivity contribution < 1.29 is 4.79 Å². The maximum atomic E-state index is 11.0. The van der Waals surface area contributed by atoms with Crippen LogP contribution in [0, 0.1) is 11.3 Å². The molecule has 4 nitrogen and oxygen atoms in total. The van der Waals surface area contributed by atoms with Crippen LogP contribution in [-0.2, 0) is 4.79 Å². The molecule has 5 heteroatoms. The van der Waals surface area contributed by atoms with Crippen LogP contribution in [0.25, 0.3) is 0 Å². The van der Waals surface area contributed by atoms with Gasteiger partial charge < -0.3 is 10.6 Å². The molecule has 1 aromatic carbocycles. The van der Waals surface area contributed by atoms with Gasteiger partial charge in [0.1, 0.15) is 0 Å². The highest BCUT2D eigenvalue weighted by molar-refractivity contribution is 6.33. The molecule has 0 fully saturated rings. The van der Waals surface area contributed by atoms with Gasteiger partial charge in [-0.2, -0.15) is 5.26 Å². The van der Waals surface area contributed by atoms with E-state index in [4.69, 9.17) is 16.9 Å². The lowest BCUT2D eigenvalue weighted by Gasteiger charge is -2.07. The fourth-order valence-corrected chi connectivity index (χ4v) is 1.35. The number of amides is 1. The van der Waals surface area contributed by atoms with Crippen molar-refractivity contribution in [3.63, 3.8) is 0 Å². The molecule has 0 spiro atoms. The maximum Gasteiger partial charge on any atom is 0.221 e. The predicted octanol–water partition coefficient (Wildman–Crippen LogP) is 1.76. The van der Waals surface area contributed by atoms with E-state index in [0.717, 1.165) is 0 Å². The molecular weight excluding hydrogens is 226 g/mol. The van der Waals surface area contributed by atoms with Crippen molar-refractivity contribution >= 4 is 23.2 Å². The van der Waals surface area contributed by atoms with Gasteiger partial charge in [-0.1, -0.05) is 11.6 Å². The second-order valence-electron chi connectivity index (χ2n) is 3.16. The van der Waals surface area contributed by atoms with Crippen molar-refractivity contribution in [3.05, 3.63) is 28.8 Å². The summed E-state index contributed by atoms with van der Waals surface area (Å²) >= 11 is 5.93. The summed E-state index contributed by atoms with van der Waals surface area (Å²) in [6, 6.07) is 6.99. The van der Waals surface area contributed by atoms with Crippen molar-refractivity contribution in [1.82, 2.24) is 5.32 Å². The minimum Gasteiger partial charge on any atom is -0.383 e. The van der Waals surface area contributed by atoms with Crippen LogP contribution >= 0.6 is 11.6 Å². The van der Waals surface area contributed by atoms with E-state index < -0.39 is 0 Å². The summed E-state index contributed by atoms with van der Waals surface area (Å²) in [7, 11) is 1.59. The molecule has 0 aliphatic rings. The molecule has 0 unspecified atom stereocenters. The summed E-state index contributed by atoms with van der Waals surface area (Å²) in [5.74, 6) is -0.0416. The number of hydrogen-bond donors (Lipinski definition) is 2. The van der Waals surface area contributed by atoms with Gasteiger partial charge in [0.05, 0.1) is 22.3 Å². The van der Waals surface area contributed by atoms with E-state index in [-0.39, 0.29) is 5.91 Å². The van der Waals surface area contributed by atoms with Crippen LogP contribution in [0.15, 0.2) is 18.2 Å². The Bertz CT molecular complexity index is 426. The number of halogens is 1. The first-order valence-corrected chi connectivity index (χ1v) is 5.19. The summed E-state index contributed by atoms with van der Waals surface area (Å²) < 4.78 is 0. The summed E-state index contributed by atoms with van der Waals surface area (Å²) in [5.41, 5.74) is 1.21. The van der Waals surface area contributed by atoms with Crippen molar-refractivity contribution in [1.29, 1.82) is 5.26 Å². The Hall–Kier alpha value is -1.73. The number of benzene rings is 1. The molecule has 1 amide bonds. The van der Waals surface area contributed by atoms with E-state index in [2.05, 4.69) is 10.6 Å². The molecule has 0 heterocycles. The second-order valence-corrected chi connectivity index (χ2v) is 3.56. The number of carbonyl (C=O) groups is 1. The lowest BCUT2D eigenvalue weighted by atomic mass is 10.2. The van der Waals surface area contributed by atoms with Crippen molar-refractivity contribution in [3.8, 4) is 6.07 Å². The van der Waals surface area contributed by atoms with Gasteiger partial charge in [0, 0.05) is 20.0 Å². The molecule has 0 saturated carbocycles. The molecule has 16 heavy (non-hydrogen) atoms. The SMILES string of the molecule is CNC(=O)CCNc1cc(C#N)ccc1Cl. The number of nitrogens with zero attached hydrogens (tertiary/aromatic N) is 1. The third-order valence-corrected chi connectivity index (χ3v) is 2.37. The Morgan fingerprint density at radius 3 is 2.94 bits per heavy atom. The highest BCUT2D eigenvalue weighted by atomic mass is 35.5. The molecule has 0 aliphatic carbocycles. The lowest BCUT2D eigenvalue weighted by molar-refractivity contribution is -0.120. The maximum absolute atomic E-state index is 11.0. The van der Waals surface area contributed by atoms with E-state index in [1.165, 1.54) is 0 Å². The minimum atomic E-state index is -0.0416. The quantitative estimate of drug-likeness (QED) is 0.839. The number of anilines is 1. The third-order valence-electron chi connectivity index (χ3n) is 2.04. The van der Waals surface area contributed by atoms with Gasteiger partial charge in [0.15, 0.2) is 0 Å². The average Bonchev–Trinajstić information content (AvgIpc) is 2.31. The molecule has 0 atom stereocenters. The fraction of sp³-hybridized carbons (Fsp3) is 0.273. The van der Waals surface area contributed by atoms with Crippen molar-refractivity contribution in [2.24, 2.45) is 0 Å². The first-order chi connectivity index (χ1) is 7.67. The van der Waals surface area contributed by atoms with Crippen LogP contribution in [0.4, 0.5) is 5.69 Å². The molecule has 1 rings (SSSR count). The van der Waals surface area contributed by atoms with Crippen LogP contribution in [0.5, 0.6) is 0 Å². The fourth-order valence-electron chi connectivity index (χ4n) is 1.17. The van der Waals surface area contributed by atoms with Crippen LogP contribution in [-0.4, -0.2) is 19.5 Å². The standard InChI is InChI=1S/C11H12ClN3O/c1-14-11(16)4-5-15-10-6-8(7-13)2-3-9(10)12/h2-3,6,15H,4-5H2,1H3,(H,14,16). The molecule has 0 bridgehead atoms. The topological polar surface area (TPSA) is 64.9 Å². The normalized spacial score (nSPS) is 9.31. The summed E-state index contributed by atoms with van der Waals surface area (Å²) in [5, 5.41) is 14.8. The third kappa shape index (κ3) is 3.44. The Balaban J connectivity index is 2.60. The van der Waals surface area contributed by atoms with Gasteiger partial charge in [-0.25, -0.2) is 0 Å². The zero-order valence-electron chi connectivity index (χ0n) is 8.88. The monoisotopic (exact) mass is 237 g/mol. The van der Waals surface area contributed by atoms with Crippen LogP contribution in [0.1, 0.15) is 12.0 Å². The Kier molecular flexibility index (Phi) is 4.62. The van der Waals surface area contributed by atoms with E-state index in [0.29, 0.717) is 29.2 Å². The van der Waals surface area contributed by atoms with Crippen LogP contribution < -0.4 is 10.6 Å². The molecular formula is C11H12ClN3O. The first kappa shape index (κ1) is 12.3. The molecule has 0 aliphatic heterocycles. The zero-order valence-corrected chi connectivity index (χ0v) is 9.64. The van der Waals surface area contributed by atoms with Gasteiger partial charge >= 0.3 is 0 Å². The summed E-state index contributed by atoms with van der Waals surface area (Å²) in [6.07, 6.45) is 0.365. The molecule has 0 saturated heterocycles. The van der Waals surface area contributed by atoms with Gasteiger partial charge in [0.25, 0.3) is 0 Å². The number of nitrogens with one attached hydrogen (secondary N) is 2. The number of nitriles is 1. The second kappa shape index (κ2) is 5.99. The van der Waals surface area contributed by atoms with Gasteiger partial charge in [0.2, 0.25) is 5.91 Å². The highest BCUT2D eigenvalue weighted by Gasteiger charge is 2.02. The smallest absolute Gasteiger partial charge is 0.221 e. The van der Waals surface area contributed by atoms with Gasteiger partial charge in [-0.05, 0) is 18.2 Å². The van der Waals surface area contributed by atoms with Crippen molar-refractivity contribution in [2.45, 2.75) is 6.42 Å². The molecule has 0 aromatic heterocycles. The largest absolute Gasteiger partial charge is 0.383 e. The zero-order chi connectivity index (χ0) is 12.0. The average molecular weight is 238 g/mol. The Morgan fingerprint density at radius 2 is 2.31 bits per heavy atom. The molecule has 2 N–H and O–H groups in total. The highest BCUT2D eigenvalue weighted by Crippen LogP contribution is 2.22. The van der Waals surface area contributed by atoms with E-state index >= 15 is 0 Å². The number of hydrogen-bond acceptors (Lipinski definition) is 3. The number of carbonyl (C=O) groups excluding carboxylic acids is 1. The van der Waals surface area contributed by atoms with Crippen LogP contribution in [0.2, 0.25) is 5.02 Å². The molecule has 1 aromatic rings. The van der Waals surface area contributed by atoms with E-state index in [9.17, 15) is 4.79 Å². The van der Waals surface area contributed by atoms with Crippen molar-refractivity contribution in [2.75, 3.05) is 18.9 Å². The van der Waals surface area contributed by atoms with E-state index in [1.54, 1.807) is 25.2 Å². The predicted molar refractivity (Wildman–Crippen MR) is 63.3 cm³/mol. The van der Waals surface area contributed by atoms with Crippen LogP contribution in [0.3, 0.4) is 0 Å². The molecule has 0 radical (unpaired) electrons. The Labute approximate surface area is 99.2 Å². The number of rotatable bonds is 4. The Morgan fingerprint density at radius 1 is 1.56 bits per heavy atom. The van der Waals surface area contributed by atoms with Gasteiger partial charge in [-0.15, -0.1) is 0 Å². The first-order valence-electron chi connectivity index (χ1n) is 4.81. The summed E-state index contributed by atoms with van der Waals surface area (Å²) in [4.78, 5) is 11.0. The molecule has 84 valence electrons. The lowest BCUT2D eigenvalue weighted by Crippen LogP contribution is -2.20. The van der Waals surface area contributed by atoms with Gasteiger partial charge in [-0.3, -0.25) is 4.79 Å².